The monoisotopic (exact) mass is 448 g/mol. The number of nitrogens with zero attached hydrogens (tertiary/aromatic N) is 1. The molecular formula is C26H28N2O3S. The van der Waals surface area contributed by atoms with Crippen LogP contribution >= 0.6 is 11.8 Å². The highest BCUT2D eigenvalue weighted by atomic mass is 32.2. The maximum absolute atomic E-state index is 12.9. The van der Waals surface area contributed by atoms with Gasteiger partial charge in [0.25, 0.3) is 0 Å². The second-order valence-electron chi connectivity index (χ2n) is 7.31. The van der Waals surface area contributed by atoms with E-state index >= 15 is 0 Å². The van der Waals surface area contributed by atoms with E-state index in [9.17, 15) is 9.59 Å². The number of carbonyl (C=O) groups excluding carboxylic acids is 2. The SMILES string of the molecule is CCCCN(C(=O)NCc1ccccc1)c1ccc(Sc2cccc(OC(C)=O)c2)cc1. The predicted octanol–water partition coefficient (Wildman–Crippen LogP) is 6.28. The summed E-state index contributed by atoms with van der Waals surface area (Å²) in [4.78, 5) is 27.9. The molecule has 6 heteroatoms. The number of unbranched alkanes of at least 4 members (excludes halogenated alkanes) is 1. The van der Waals surface area contributed by atoms with Gasteiger partial charge in [-0.05, 0) is 54.4 Å². The average molecular weight is 449 g/mol. The quantitative estimate of drug-likeness (QED) is 0.309. The largest absolute Gasteiger partial charge is 0.427 e. The minimum atomic E-state index is -0.339. The summed E-state index contributed by atoms with van der Waals surface area (Å²) in [7, 11) is 0. The van der Waals surface area contributed by atoms with Gasteiger partial charge in [-0.1, -0.05) is 61.5 Å². The first-order chi connectivity index (χ1) is 15.5. The number of hydrogen-bond donors (Lipinski definition) is 1. The Morgan fingerprint density at radius 3 is 2.38 bits per heavy atom. The van der Waals surface area contributed by atoms with Crippen molar-refractivity contribution in [3.63, 3.8) is 0 Å². The van der Waals surface area contributed by atoms with Crippen molar-refractivity contribution >= 4 is 29.4 Å². The van der Waals surface area contributed by atoms with E-state index in [0.717, 1.165) is 33.9 Å². The summed E-state index contributed by atoms with van der Waals surface area (Å²) in [5.41, 5.74) is 1.93. The molecule has 2 amide bonds. The number of anilines is 1. The third-order valence-electron chi connectivity index (χ3n) is 4.72. The van der Waals surface area contributed by atoms with Crippen molar-refractivity contribution in [1.29, 1.82) is 0 Å². The lowest BCUT2D eigenvalue weighted by Gasteiger charge is -2.23. The Morgan fingerprint density at radius 1 is 0.938 bits per heavy atom. The van der Waals surface area contributed by atoms with Gasteiger partial charge in [0.15, 0.2) is 0 Å². The molecule has 32 heavy (non-hydrogen) atoms. The van der Waals surface area contributed by atoms with Crippen LogP contribution in [0.1, 0.15) is 32.3 Å². The van der Waals surface area contributed by atoms with E-state index in [0.29, 0.717) is 18.8 Å². The van der Waals surface area contributed by atoms with Crippen LogP contribution in [-0.4, -0.2) is 18.5 Å². The van der Waals surface area contributed by atoms with Crippen molar-refractivity contribution in [2.75, 3.05) is 11.4 Å². The summed E-state index contributed by atoms with van der Waals surface area (Å²) in [6, 6.07) is 25.2. The van der Waals surface area contributed by atoms with Crippen LogP contribution in [0, 0.1) is 0 Å². The molecular weight excluding hydrogens is 420 g/mol. The molecule has 0 atom stereocenters. The van der Waals surface area contributed by atoms with E-state index in [1.54, 1.807) is 22.7 Å². The standard InChI is InChI=1S/C26H28N2O3S/c1-3-4-17-28(26(30)27-19-21-9-6-5-7-10-21)22-13-15-24(16-14-22)32-25-12-8-11-23(18-25)31-20(2)29/h5-16,18H,3-4,17,19H2,1-2H3,(H,27,30). The van der Waals surface area contributed by atoms with Crippen molar-refractivity contribution in [2.45, 2.75) is 43.0 Å². The van der Waals surface area contributed by atoms with Gasteiger partial charge in [-0.3, -0.25) is 9.69 Å². The summed E-state index contributed by atoms with van der Waals surface area (Å²) in [6.07, 6.45) is 1.94. The number of nitrogens with one attached hydrogen (secondary N) is 1. The minimum absolute atomic E-state index is 0.100. The lowest BCUT2D eigenvalue weighted by Crippen LogP contribution is -2.40. The number of carbonyl (C=O) groups is 2. The first-order valence-corrected chi connectivity index (χ1v) is 11.5. The van der Waals surface area contributed by atoms with Crippen LogP contribution in [0.5, 0.6) is 5.75 Å². The second kappa shape index (κ2) is 12.0. The molecule has 0 aliphatic carbocycles. The van der Waals surface area contributed by atoms with E-state index in [1.807, 2.05) is 72.8 Å². The van der Waals surface area contributed by atoms with E-state index in [-0.39, 0.29) is 12.0 Å². The maximum Gasteiger partial charge on any atom is 0.322 e. The lowest BCUT2D eigenvalue weighted by atomic mass is 10.2. The number of amides is 2. The molecule has 0 unspecified atom stereocenters. The van der Waals surface area contributed by atoms with Crippen LogP contribution in [0.4, 0.5) is 10.5 Å². The zero-order chi connectivity index (χ0) is 22.8. The van der Waals surface area contributed by atoms with E-state index in [4.69, 9.17) is 4.74 Å². The number of benzene rings is 3. The molecule has 5 nitrogen and oxygen atoms in total. The molecule has 0 aromatic heterocycles. The van der Waals surface area contributed by atoms with E-state index < -0.39 is 0 Å². The van der Waals surface area contributed by atoms with Gasteiger partial charge in [0.1, 0.15) is 5.75 Å². The fourth-order valence-corrected chi connectivity index (χ4v) is 4.00. The van der Waals surface area contributed by atoms with Gasteiger partial charge in [-0.15, -0.1) is 0 Å². The molecule has 166 valence electrons. The maximum atomic E-state index is 12.9. The molecule has 0 saturated carbocycles. The van der Waals surface area contributed by atoms with Crippen LogP contribution in [0.2, 0.25) is 0 Å². The Labute approximate surface area is 193 Å². The molecule has 0 aliphatic heterocycles. The first-order valence-electron chi connectivity index (χ1n) is 10.7. The van der Waals surface area contributed by atoms with E-state index in [1.165, 1.54) is 6.92 Å². The van der Waals surface area contributed by atoms with Crippen LogP contribution in [-0.2, 0) is 11.3 Å². The number of urea groups is 1. The Morgan fingerprint density at radius 2 is 1.69 bits per heavy atom. The highest BCUT2D eigenvalue weighted by molar-refractivity contribution is 7.99. The first kappa shape index (κ1) is 23.4. The molecule has 3 aromatic carbocycles. The molecule has 0 spiro atoms. The molecule has 0 aliphatic rings. The summed E-state index contributed by atoms with van der Waals surface area (Å²) >= 11 is 1.57. The number of rotatable bonds is 9. The second-order valence-corrected chi connectivity index (χ2v) is 8.46. The summed E-state index contributed by atoms with van der Waals surface area (Å²) in [5.74, 6) is 0.189. The number of hydrogen-bond acceptors (Lipinski definition) is 4. The summed E-state index contributed by atoms with van der Waals surface area (Å²) in [6.45, 7) is 4.66. The Balaban J connectivity index is 1.67. The molecule has 0 fully saturated rings. The number of esters is 1. The third kappa shape index (κ3) is 7.17. The fourth-order valence-electron chi connectivity index (χ4n) is 3.13. The van der Waals surface area contributed by atoms with Gasteiger partial charge < -0.3 is 10.1 Å². The normalized spacial score (nSPS) is 10.4. The van der Waals surface area contributed by atoms with Gasteiger partial charge in [-0.2, -0.15) is 0 Å². The highest BCUT2D eigenvalue weighted by Gasteiger charge is 2.15. The van der Waals surface area contributed by atoms with Crippen molar-refractivity contribution in [3.8, 4) is 5.75 Å². The Kier molecular flexibility index (Phi) is 8.75. The van der Waals surface area contributed by atoms with Gasteiger partial charge in [0.05, 0.1) is 0 Å². The molecule has 1 N–H and O–H groups in total. The minimum Gasteiger partial charge on any atom is -0.427 e. The summed E-state index contributed by atoms with van der Waals surface area (Å²) < 4.78 is 5.16. The Bertz CT molecular complexity index is 1020. The molecule has 0 bridgehead atoms. The van der Waals surface area contributed by atoms with Crippen molar-refractivity contribution < 1.29 is 14.3 Å². The molecule has 0 heterocycles. The van der Waals surface area contributed by atoms with Crippen molar-refractivity contribution in [3.05, 3.63) is 84.4 Å². The van der Waals surface area contributed by atoms with Crippen LogP contribution in [0.3, 0.4) is 0 Å². The molecule has 0 radical (unpaired) electrons. The molecule has 3 aromatic rings. The van der Waals surface area contributed by atoms with Gasteiger partial charge in [-0.25, -0.2) is 4.79 Å². The van der Waals surface area contributed by atoms with Crippen LogP contribution < -0.4 is 15.0 Å². The zero-order valence-corrected chi connectivity index (χ0v) is 19.2. The smallest absolute Gasteiger partial charge is 0.322 e. The molecule has 3 rings (SSSR count). The lowest BCUT2D eigenvalue weighted by molar-refractivity contribution is -0.131. The Hall–Kier alpha value is -3.25. The third-order valence-corrected chi connectivity index (χ3v) is 5.72. The molecule has 0 saturated heterocycles. The van der Waals surface area contributed by atoms with Crippen LogP contribution in [0.15, 0.2) is 88.7 Å². The van der Waals surface area contributed by atoms with Gasteiger partial charge in [0, 0.05) is 35.5 Å². The van der Waals surface area contributed by atoms with Crippen molar-refractivity contribution in [2.24, 2.45) is 0 Å². The fraction of sp³-hybridized carbons (Fsp3) is 0.231. The predicted molar refractivity (Wildman–Crippen MR) is 129 cm³/mol. The highest BCUT2D eigenvalue weighted by Crippen LogP contribution is 2.31. The summed E-state index contributed by atoms with van der Waals surface area (Å²) in [5, 5.41) is 3.02. The van der Waals surface area contributed by atoms with Crippen LogP contribution in [0.25, 0.3) is 0 Å². The topological polar surface area (TPSA) is 58.6 Å². The van der Waals surface area contributed by atoms with Crippen molar-refractivity contribution in [1.82, 2.24) is 5.32 Å². The van der Waals surface area contributed by atoms with E-state index in [2.05, 4.69) is 12.2 Å². The number of ether oxygens (including phenoxy) is 1. The average Bonchev–Trinajstić information content (AvgIpc) is 2.79. The van der Waals surface area contributed by atoms with Gasteiger partial charge in [0.2, 0.25) is 0 Å². The van der Waals surface area contributed by atoms with Gasteiger partial charge >= 0.3 is 12.0 Å². The zero-order valence-electron chi connectivity index (χ0n) is 18.4.